The van der Waals surface area contributed by atoms with Crippen LogP contribution >= 0.6 is 0 Å². The number of benzene rings is 1. The van der Waals surface area contributed by atoms with Gasteiger partial charge in [0.25, 0.3) is 0 Å². The Bertz CT molecular complexity index is 404. The van der Waals surface area contributed by atoms with Gasteiger partial charge in [-0.3, -0.25) is 0 Å². The maximum Gasteiger partial charge on any atom is 0.0715 e. The molecule has 0 aromatic heterocycles. The molecule has 80 valence electrons. The van der Waals surface area contributed by atoms with Crippen LogP contribution in [0.15, 0.2) is 18.2 Å². The number of carbonyl (C=O) groups excluding carboxylic acids is 1. The molecule has 0 fully saturated rings. The monoisotopic (exact) mass is 205 g/mol. The lowest BCUT2D eigenvalue weighted by Crippen LogP contribution is -2.33. The molecule has 1 aromatic carbocycles. The maximum absolute atomic E-state index is 10.7. The minimum atomic E-state index is -1.12. The van der Waals surface area contributed by atoms with Crippen LogP contribution in [0.25, 0.3) is 0 Å². The van der Waals surface area contributed by atoms with E-state index in [9.17, 15) is 9.90 Å². The summed E-state index contributed by atoms with van der Waals surface area (Å²) in [4.78, 5) is 10.7. The lowest BCUT2D eigenvalue weighted by Gasteiger charge is -2.25. The van der Waals surface area contributed by atoms with E-state index in [-0.39, 0.29) is 5.56 Å². The number of aromatic carboxylic acids is 1. The fraction of sp³-hybridized carbons (Fsp3) is 0.364. The highest BCUT2D eigenvalue weighted by Gasteiger charge is 2.22. The highest BCUT2D eigenvalue weighted by molar-refractivity contribution is 5.87. The van der Waals surface area contributed by atoms with Crippen molar-refractivity contribution < 1.29 is 9.90 Å². The lowest BCUT2D eigenvalue weighted by atomic mass is 10.1. The van der Waals surface area contributed by atoms with Gasteiger partial charge in [0.2, 0.25) is 0 Å². The Hall–Kier alpha value is -1.55. The Balaban J connectivity index is 2.41. The maximum atomic E-state index is 10.7. The summed E-state index contributed by atoms with van der Waals surface area (Å²) in [6.45, 7) is 3.71. The molecule has 0 N–H and O–H groups in total. The van der Waals surface area contributed by atoms with E-state index >= 15 is 0 Å². The minimum absolute atomic E-state index is 0.250. The third-order valence-electron chi connectivity index (χ3n) is 2.70. The van der Waals surface area contributed by atoms with Crippen molar-refractivity contribution in [2.45, 2.75) is 13.5 Å². The van der Waals surface area contributed by atoms with Gasteiger partial charge >= 0.3 is 0 Å². The van der Waals surface area contributed by atoms with Gasteiger partial charge in [-0.05, 0) is 30.2 Å². The SMILES string of the molecule is CCN1c2ccc(C(=O)[O-])cc2CN1C. The fourth-order valence-electron chi connectivity index (χ4n) is 2.02. The molecule has 0 aliphatic carbocycles. The van der Waals surface area contributed by atoms with Gasteiger partial charge in [-0.15, -0.1) is 0 Å². The molecule has 0 unspecified atom stereocenters. The van der Waals surface area contributed by atoms with Gasteiger partial charge in [0.05, 0.1) is 11.7 Å². The number of hydrogen-bond acceptors (Lipinski definition) is 4. The summed E-state index contributed by atoms with van der Waals surface area (Å²) in [5, 5.41) is 14.9. The largest absolute Gasteiger partial charge is 0.545 e. The average Bonchev–Trinajstić information content (AvgIpc) is 2.51. The number of anilines is 1. The predicted molar refractivity (Wildman–Crippen MR) is 55.3 cm³/mol. The summed E-state index contributed by atoms with van der Waals surface area (Å²) < 4.78 is 0. The van der Waals surface area contributed by atoms with Crippen molar-refractivity contribution in [2.24, 2.45) is 0 Å². The molecule has 0 bridgehead atoms. The summed E-state index contributed by atoms with van der Waals surface area (Å²) in [6, 6.07) is 5.13. The molecule has 0 atom stereocenters. The number of carbonyl (C=O) groups is 1. The fourth-order valence-corrected chi connectivity index (χ4v) is 2.02. The first-order valence-electron chi connectivity index (χ1n) is 4.96. The van der Waals surface area contributed by atoms with Crippen LogP contribution in [-0.4, -0.2) is 24.6 Å². The van der Waals surface area contributed by atoms with Gasteiger partial charge in [-0.25, -0.2) is 5.01 Å². The number of nitrogens with zero attached hydrogens (tertiary/aromatic N) is 2. The molecule has 2 rings (SSSR count). The van der Waals surface area contributed by atoms with Gasteiger partial charge in [0.1, 0.15) is 0 Å². The Kier molecular flexibility index (Phi) is 2.36. The predicted octanol–water partition coefficient (Wildman–Crippen LogP) is 0.237. The van der Waals surface area contributed by atoms with E-state index < -0.39 is 5.97 Å². The number of hydrazine groups is 1. The summed E-state index contributed by atoms with van der Waals surface area (Å²) in [5.74, 6) is -1.12. The molecule has 0 radical (unpaired) electrons. The summed E-state index contributed by atoms with van der Waals surface area (Å²) in [7, 11) is 1.99. The zero-order valence-corrected chi connectivity index (χ0v) is 8.86. The number of carboxylic acid groups (broad SMARTS) is 1. The second-order valence-electron chi connectivity index (χ2n) is 3.66. The zero-order valence-electron chi connectivity index (χ0n) is 8.86. The molecule has 1 aliphatic heterocycles. The molecular weight excluding hydrogens is 192 g/mol. The lowest BCUT2D eigenvalue weighted by molar-refractivity contribution is -0.255. The molecule has 1 aromatic rings. The van der Waals surface area contributed by atoms with Crippen molar-refractivity contribution in [3.63, 3.8) is 0 Å². The van der Waals surface area contributed by atoms with Crippen molar-refractivity contribution in [1.29, 1.82) is 0 Å². The number of carboxylic acids is 1. The van der Waals surface area contributed by atoms with Crippen LogP contribution in [0.3, 0.4) is 0 Å². The molecule has 1 aliphatic rings. The van der Waals surface area contributed by atoms with Crippen LogP contribution in [-0.2, 0) is 6.54 Å². The first-order chi connectivity index (χ1) is 7.13. The van der Waals surface area contributed by atoms with E-state index in [1.807, 2.05) is 13.1 Å². The van der Waals surface area contributed by atoms with E-state index in [1.54, 1.807) is 12.1 Å². The van der Waals surface area contributed by atoms with E-state index in [2.05, 4.69) is 16.9 Å². The first-order valence-corrected chi connectivity index (χ1v) is 4.96. The van der Waals surface area contributed by atoms with Gasteiger partial charge in [-0.1, -0.05) is 6.07 Å². The molecule has 4 heteroatoms. The highest BCUT2D eigenvalue weighted by atomic mass is 16.4. The second-order valence-corrected chi connectivity index (χ2v) is 3.66. The minimum Gasteiger partial charge on any atom is -0.545 e. The van der Waals surface area contributed by atoms with E-state index in [0.29, 0.717) is 0 Å². The molecule has 0 amide bonds. The van der Waals surface area contributed by atoms with Crippen molar-refractivity contribution in [1.82, 2.24) is 5.01 Å². The van der Waals surface area contributed by atoms with E-state index in [0.717, 1.165) is 24.3 Å². The molecule has 0 saturated heterocycles. The number of fused-ring (bicyclic) bond motifs is 1. The van der Waals surface area contributed by atoms with Crippen LogP contribution < -0.4 is 10.1 Å². The second kappa shape index (κ2) is 3.55. The Morgan fingerprint density at radius 2 is 2.27 bits per heavy atom. The molecule has 4 nitrogen and oxygen atoms in total. The first kappa shape index (κ1) is 9.98. The van der Waals surface area contributed by atoms with Crippen LogP contribution in [0.4, 0.5) is 5.69 Å². The standard InChI is InChI=1S/C11H14N2O2/c1-3-13-10-5-4-8(11(14)15)6-9(10)7-12(13)2/h4-6H,3,7H2,1-2H3,(H,14,15)/p-1. The highest BCUT2D eigenvalue weighted by Crippen LogP contribution is 2.30. The van der Waals surface area contributed by atoms with Crippen molar-refractivity contribution >= 4 is 11.7 Å². The van der Waals surface area contributed by atoms with Gasteiger partial charge in [-0.2, -0.15) is 0 Å². The Morgan fingerprint density at radius 3 is 2.87 bits per heavy atom. The smallest absolute Gasteiger partial charge is 0.0715 e. The van der Waals surface area contributed by atoms with Crippen molar-refractivity contribution in [3.05, 3.63) is 29.3 Å². The van der Waals surface area contributed by atoms with Gasteiger partial charge in [0, 0.05) is 20.1 Å². The number of rotatable bonds is 2. The van der Waals surface area contributed by atoms with Crippen molar-refractivity contribution in [3.8, 4) is 0 Å². The summed E-state index contributed by atoms with van der Waals surface area (Å²) >= 11 is 0. The third-order valence-corrected chi connectivity index (χ3v) is 2.70. The molecule has 0 spiro atoms. The number of hydrogen-bond donors (Lipinski definition) is 0. The van der Waals surface area contributed by atoms with Crippen LogP contribution in [0.1, 0.15) is 22.8 Å². The van der Waals surface area contributed by atoms with E-state index in [4.69, 9.17) is 0 Å². The topological polar surface area (TPSA) is 46.6 Å². The van der Waals surface area contributed by atoms with E-state index in [1.165, 1.54) is 0 Å². The molecular formula is C11H13N2O2-. The Labute approximate surface area is 88.7 Å². The Morgan fingerprint density at radius 1 is 1.53 bits per heavy atom. The third kappa shape index (κ3) is 1.57. The molecule has 1 heterocycles. The van der Waals surface area contributed by atoms with Gasteiger partial charge < -0.3 is 14.9 Å². The average molecular weight is 205 g/mol. The van der Waals surface area contributed by atoms with Crippen LogP contribution in [0, 0.1) is 0 Å². The summed E-state index contributed by atoms with van der Waals surface area (Å²) in [6.07, 6.45) is 0. The van der Waals surface area contributed by atoms with Crippen LogP contribution in [0.5, 0.6) is 0 Å². The molecule has 0 saturated carbocycles. The molecule has 15 heavy (non-hydrogen) atoms. The van der Waals surface area contributed by atoms with Crippen molar-refractivity contribution in [2.75, 3.05) is 18.6 Å². The quantitative estimate of drug-likeness (QED) is 0.693. The summed E-state index contributed by atoms with van der Waals surface area (Å²) in [5.41, 5.74) is 2.38. The van der Waals surface area contributed by atoms with Crippen LogP contribution in [0.2, 0.25) is 0 Å². The zero-order chi connectivity index (χ0) is 11.0. The normalized spacial score (nSPS) is 15.5. The van der Waals surface area contributed by atoms with Gasteiger partial charge in [0.15, 0.2) is 0 Å².